The standard InChI is InChI=1S/C72H134O6/c1-4-7-10-13-16-19-22-25-28-31-32-33-34-35-36-37-38-39-42-44-47-50-53-56-59-62-65-71(74)77-68-69(78-72(75)66-63-60-57-54-51-48-45-41-30-27-24-21-18-15-12-9-6-3)67-76-70(73)64-61-58-55-52-49-46-43-40-29-26-23-20-17-14-11-8-5-2/h9,12,18,21,27,30,69H,4-8,10-11,13-17,19-20,22-26,28-29,31-68H2,1-3H3/b12-9-,21-18-,30-27-. The molecule has 0 heterocycles. The lowest BCUT2D eigenvalue weighted by atomic mass is 10.0. The van der Waals surface area contributed by atoms with Crippen LogP contribution < -0.4 is 0 Å². The molecule has 1 atom stereocenters. The van der Waals surface area contributed by atoms with Crippen molar-refractivity contribution in [1.29, 1.82) is 0 Å². The Balaban J connectivity index is 4.24. The highest BCUT2D eigenvalue weighted by Crippen LogP contribution is 2.19. The molecule has 0 aromatic heterocycles. The van der Waals surface area contributed by atoms with Gasteiger partial charge >= 0.3 is 17.9 Å². The lowest BCUT2D eigenvalue weighted by Gasteiger charge is -2.18. The largest absolute Gasteiger partial charge is 0.462 e. The molecule has 0 aliphatic rings. The number of carbonyl (C=O) groups excluding carboxylic acids is 3. The first-order valence-electron chi connectivity index (χ1n) is 35.0. The van der Waals surface area contributed by atoms with Gasteiger partial charge in [-0.3, -0.25) is 14.4 Å². The van der Waals surface area contributed by atoms with Crippen LogP contribution in [0.25, 0.3) is 0 Å². The molecule has 0 spiro atoms. The molecular weight excluding hydrogens is 961 g/mol. The highest BCUT2D eigenvalue weighted by atomic mass is 16.6. The predicted octanol–water partition coefficient (Wildman–Crippen LogP) is 23.9. The number of allylic oxidation sites excluding steroid dienone is 6. The number of unbranched alkanes of at least 4 members (excludes halogenated alkanes) is 48. The SMILES string of the molecule is CC/C=C\C/C=C\C/C=C\CCCCCCCCCC(=O)OC(COC(=O)CCCCCCCCCCCCCCCCCCC)COC(=O)CCCCCCCCCCCCCCCCCCCCCCCCCCCC. The molecule has 6 nitrogen and oxygen atoms in total. The number of rotatable bonds is 65. The molecule has 0 aliphatic carbocycles. The molecule has 0 aromatic rings. The summed E-state index contributed by atoms with van der Waals surface area (Å²) in [5, 5.41) is 0. The number of hydrogen-bond donors (Lipinski definition) is 0. The van der Waals surface area contributed by atoms with Gasteiger partial charge in [0.2, 0.25) is 0 Å². The van der Waals surface area contributed by atoms with E-state index in [0.717, 1.165) is 83.5 Å². The van der Waals surface area contributed by atoms with Crippen LogP contribution in [0.15, 0.2) is 36.5 Å². The second-order valence-electron chi connectivity index (χ2n) is 23.8. The number of carbonyl (C=O) groups is 3. The Hall–Kier alpha value is -2.37. The van der Waals surface area contributed by atoms with Gasteiger partial charge < -0.3 is 14.2 Å². The Morgan fingerprint density at radius 3 is 0.782 bits per heavy atom. The summed E-state index contributed by atoms with van der Waals surface area (Å²) in [6, 6.07) is 0. The summed E-state index contributed by atoms with van der Waals surface area (Å²) in [5.74, 6) is -0.850. The van der Waals surface area contributed by atoms with Gasteiger partial charge in [0.05, 0.1) is 0 Å². The Morgan fingerprint density at radius 1 is 0.269 bits per heavy atom. The fourth-order valence-electron chi connectivity index (χ4n) is 10.7. The zero-order valence-corrected chi connectivity index (χ0v) is 52.7. The van der Waals surface area contributed by atoms with E-state index in [9.17, 15) is 14.4 Å². The van der Waals surface area contributed by atoms with Crippen LogP contribution in [0, 0.1) is 0 Å². The highest BCUT2D eigenvalue weighted by Gasteiger charge is 2.19. The van der Waals surface area contributed by atoms with Gasteiger partial charge in [0.1, 0.15) is 13.2 Å². The number of ether oxygens (including phenoxy) is 3. The summed E-state index contributed by atoms with van der Waals surface area (Å²) in [7, 11) is 0. The summed E-state index contributed by atoms with van der Waals surface area (Å²) in [6.45, 7) is 6.60. The molecule has 0 rings (SSSR count). The third-order valence-electron chi connectivity index (χ3n) is 15.9. The second kappa shape index (κ2) is 67.1. The van der Waals surface area contributed by atoms with Gasteiger partial charge in [-0.05, 0) is 51.4 Å². The van der Waals surface area contributed by atoms with Crippen LogP contribution in [0.1, 0.15) is 387 Å². The highest BCUT2D eigenvalue weighted by molar-refractivity contribution is 5.71. The van der Waals surface area contributed by atoms with Crippen molar-refractivity contribution in [2.75, 3.05) is 13.2 Å². The molecule has 0 saturated carbocycles. The Labute approximate surface area is 486 Å². The third-order valence-corrected chi connectivity index (χ3v) is 15.9. The minimum absolute atomic E-state index is 0.0704. The van der Waals surface area contributed by atoms with E-state index < -0.39 is 6.10 Å². The molecular formula is C72H134O6. The molecule has 0 aliphatic heterocycles. The summed E-state index contributed by atoms with van der Waals surface area (Å²) >= 11 is 0. The molecule has 6 heteroatoms. The minimum Gasteiger partial charge on any atom is -0.462 e. The van der Waals surface area contributed by atoms with Crippen molar-refractivity contribution in [2.45, 2.75) is 393 Å². The summed E-state index contributed by atoms with van der Waals surface area (Å²) in [5.41, 5.74) is 0. The molecule has 78 heavy (non-hydrogen) atoms. The van der Waals surface area contributed by atoms with Gasteiger partial charge in [-0.15, -0.1) is 0 Å². The van der Waals surface area contributed by atoms with Gasteiger partial charge in [0, 0.05) is 19.3 Å². The van der Waals surface area contributed by atoms with Gasteiger partial charge in [-0.1, -0.05) is 353 Å². The first kappa shape index (κ1) is 75.6. The Morgan fingerprint density at radius 2 is 0.500 bits per heavy atom. The zero-order chi connectivity index (χ0) is 56.4. The quantitative estimate of drug-likeness (QED) is 0.0261. The van der Waals surface area contributed by atoms with Crippen LogP contribution in [0.4, 0.5) is 0 Å². The average molecular weight is 1100 g/mol. The van der Waals surface area contributed by atoms with Crippen LogP contribution in [0.3, 0.4) is 0 Å². The number of hydrogen-bond acceptors (Lipinski definition) is 6. The van der Waals surface area contributed by atoms with Crippen molar-refractivity contribution >= 4 is 17.9 Å². The lowest BCUT2D eigenvalue weighted by molar-refractivity contribution is -0.167. The van der Waals surface area contributed by atoms with E-state index in [2.05, 4.69) is 57.2 Å². The van der Waals surface area contributed by atoms with Crippen molar-refractivity contribution in [3.05, 3.63) is 36.5 Å². The molecule has 0 fully saturated rings. The van der Waals surface area contributed by atoms with E-state index >= 15 is 0 Å². The second-order valence-corrected chi connectivity index (χ2v) is 23.8. The van der Waals surface area contributed by atoms with E-state index in [4.69, 9.17) is 14.2 Å². The normalized spacial score (nSPS) is 12.2. The summed E-state index contributed by atoms with van der Waals surface area (Å²) < 4.78 is 17.0. The van der Waals surface area contributed by atoms with E-state index in [-0.39, 0.29) is 31.1 Å². The average Bonchev–Trinajstić information content (AvgIpc) is 3.44. The fourth-order valence-corrected chi connectivity index (χ4v) is 10.7. The van der Waals surface area contributed by atoms with Gasteiger partial charge in [-0.25, -0.2) is 0 Å². The third kappa shape index (κ3) is 64.5. The monoisotopic (exact) mass is 1100 g/mol. The van der Waals surface area contributed by atoms with Gasteiger partial charge in [0.15, 0.2) is 6.10 Å². The van der Waals surface area contributed by atoms with Crippen molar-refractivity contribution in [1.82, 2.24) is 0 Å². The van der Waals surface area contributed by atoms with Crippen molar-refractivity contribution in [3.63, 3.8) is 0 Å². The van der Waals surface area contributed by atoms with Crippen molar-refractivity contribution in [3.8, 4) is 0 Å². The molecule has 0 N–H and O–H groups in total. The van der Waals surface area contributed by atoms with E-state index in [1.165, 1.54) is 263 Å². The topological polar surface area (TPSA) is 78.9 Å². The Kier molecular flexibility index (Phi) is 65.1. The molecule has 0 bridgehead atoms. The molecule has 0 aromatic carbocycles. The van der Waals surface area contributed by atoms with Crippen LogP contribution in [-0.4, -0.2) is 37.2 Å². The molecule has 1 unspecified atom stereocenters. The van der Waals surface area contributed by atoms with Crippen LogP contribution in [0.5, 0.6) is 0 Å². The van der Waals surface area contributed by atoms with Crippen LogP contribution >= 0.6 is 0 Å². The maximum atomic E-state index is 12.9. The fraction of sp³-hybridized carbons (Fsp3) is 0.875. The van der Waals surface area contributed by atoms with Crippen molar-refractivity contribution < 1.29 is 28.6 Å². The van der Waals surface area contributed by atoms with Gasteiger partial charge in [0.25, 0.3) is 0 Å². The maximum absolute atomic E-state index is 12.9. The van der Waals surface area contributed by atoms with E-state index in [1.54, 1.807) is 0 Å². The summed E-state index contributed by atoms with van der Waals surface area (Å²) in [4.78, 5) is 38.4. The first-order valence-corrected chi connectivity index (χ1v) is 35.0. The lowest BCUT2D eigenvalue weighted by Crippen LogP contribution is -2.30. The van der Waals surface area contributed by atoms with E-state index in [1.807, 2.05) is 0 Å². The molecule has 0 radical (unpaired) electrons. The number of esters is 3. The van der Waals surface area contributed by atoms with Crippen molar-refractivity contribution in [2.24, 2.45) is 0 Å². The Bertz CT molecular complexity index is 1300. The van der Waals surface area contributed by atoms with E-state index in [0.29, 0.717) is 19.3 Å². The van der Waals surface area contributed by atoms with Crippen LogP contribution in [0.2, 0.25) is 0 Å². The summed E-state index contributed by atoms with van der Waals surface area (Å²) in [6.07, 6.45) is 83.2. The smallest absolute Gasteiger partial charge is 0.306 e. The van der Waals surface area contributed by atoms with Gasteiger partial charge in [-0.2, -0.15) is 0 Å². The molecule has 0 saturated heterocycles. The minimum atomic E-state index is -0.775. The molecule has 0 amide bonds. The predicted molar refractivity (Wildman–Crippen MR) is 339 cm³/mol. The zero-order valence-electron chi connectivity index (χ0n) is 52.7. The first-order chi connectivity index (χ1) is 38.5. The molecule has 458 valence electrons. The van der Waals surface area contributed by atoms with Crippen LogP contribution in [-0.2, 0) is 28.6 Å². The maximum Gasteiger partial charge on any atom is 0.306 e.